The summed E-state index contributed by atoms with van der Waals surface area (Å²) in [7, 11) is -3.27. The van der Waals surface area contributed by atoms with E-state index < -0.39 is 10.0 Å². The van der Waals surface area contributed by atoms with E-state index in [9.17, 15) is 8.42 Å². The van der Waals surface area contributed by atoms with Crippen molar-refractivity contribution in [3.8, 4) is 0 Å². The predicted octanol–water partition coefficient (Wildman–Crippen LogP) is 1.80. The molecule has 0 unspecified atom stereocenters. The van der Waals surface area contributed by atoms with Crippen LogP contribution in [0.1, 0.15) is 24.0 Å². The van der Waals surface area contributed by atoms with Crippen LogP contribution in [0, 0.1) is 13.8 Å². The number of hydrogen-bond acceptors (Lipinski definition) is 3. The molecule has 4 nitrogen and oxygen atoms in total. The van der Waals surface area contributed by atoms with Crippen molar-refractivity contribution in [3.63, 3.8) is 0 Å². The van der Waals surface area contributed by atoms with Gasteiger partial charge in [-0.2, -0.15) is 0 Å². The van der Waals surface area contributed by atoms with Crippen LogP contribution in [0.4, 0.5) is 5.69 Å². The van der Waals surface area contributed by atoms with E-state index in [0.717, 1.165) is 24.2 Å². The maximum absolute atomic E-state index is 12.3. The van der Waals surface area contributed by atoms with Gasteiger partial charge in [-0.3, -0.25) is 4.72 Å². The van der Waals surface area contributed by atoms with Crippen LogP contribution in [0.15, 0.2) is 18.2 Å². The van der Waals surface area contributed by atoms with Crippen LogP contribution in [-0.2, 0) is 10.0 Å². The number of hydrogen-bond donors (Lipinski definition) is 2. The minimum absolute atomic E-state index is 0.279. The summed E-state index contributed by atoms with van der Waals surface area (Å²) < 4.78 is 27.3. The largest absolute Gasteiger partial charge is 0.317 e. The lowest BCUT2D eigenvalue weighted by Gasteiger charge is -2.23. The quantitative estimate of drug-likeness (QED) is 0.879. The molecule has 1 aromatic carbocycles. The van der Waals surface area contributed by atoms with E-state index in [1.165, 1.54) is 0 Å². The molecular formula is C13H20N2O2S. The highest BCUT2D eigenvalue weighted by Gasteiger charge is 2.27. The number of aryl methyl sites for hydroxylation is 2. The Morgan fingerprint density at radius 1 is 1.22 bits per heavy atom. The molecule has 0 aliphatic carbocycles. The van der Waals surface area contributed by atoms with Crippen LogP contribution in [0.25, 0.3) is 0 Å². The summed E-state index contributed by atoms with van der Waals surface area (Å²) in [4.78, 5) is 0. The highest BCUT2D eigenvalue weighted by atomic mass is 32.2. The summed E-state index contributed by atoms with van der Waals surface area (Å²) >= 11 is 0. The van der Waals surface area contributed by atoms with Crippen molar-refractivity contribution in [2.75, 3.05) is 17.8 Å². The van der Waals surface area contributed by atoms with Gasteiger partial charge in [-0.05, 0) is 57.0 Å². The first-order valence-electron chi connectivity index (χ1n) is 6.28. The molecule has 1 aliphatic heterocycles. The van der Waals surface area contributed by atoms with Gasteiger partial charge < -0.3 is 5.32 Å². The summed E-state index contributed by atoms with van der Waals surface area (Å²) in [6.45, 7) is 5.43. The fraction of sp³-hybridized carbons (Fsp3) is 0.538. The molecule has 0 radical (unpaired) electrons. The van der Waals surface area contributed by atoms with E-state index in [-0.39, 0.29) is 5.25 Å². The normalized spacial score (nSPS) is 17.7. The van der Waals surface area contributed by atoms with Crippen molar-refractivity contribution in [3.05, 3.63) is 29.3 Å². The Hall–Kier alpha value is -1.07. The Morgan fingerprint density at radius 2 is 1.89 bits per heavy atom. The lowest BCUT2D eigenvalue weighted by Crippen LogP contribution is -2.38. The minimum Gasteiger partial charge on any atom is -0.317 e. The maximum Gasteiger partial charge on any atom is 0.235 e. The zero-order valence-electron chi connectivity index (χ0n) is 10.9. The average Bonchev–Trinajstić information content (AvgIpc) is 2.35. The molecule has 0 amide bonds. The number of anilines is 1. The van der Waals surface area contributed by atoms with E-state index in [1.807, 2.05) is 32.0 Å². The second kappa shape index (κ2) is 5.28. The van der Waals surface area contributed by atoms with Gasteiger partial charge in [0.05, 0.1) is 10.9 Å². The fourth-order valence-electron chi connectivity index (χ4n) is 2.19. The van der Waals surface area contributed by atoms with Gasteiger partial charge >= 0.3 is 0 Å². The van der Waals surface area contributed by atoms with Gasteiger partial charge in [-0.1, -0.05) is 12.1 Å². The fourth-order valence-corrected chi connectivity index (χ4v) is 3.74. The lowest BCUT2D eigenvalue weighted by atomic mass is 10.1. The molecule has 18 heavy (non-hydrogen) atoms. The van der Waals surface area contributed by atoms with Crippen molar-refractivity contribution < 1.29 is 8.42 Å². The molecular weight excluding hydrogens is 248 g/mol. The molecule has 5 heteroatoms. The van der Waals surface area contributed by atoms with Crippen LogP contribution >= 0.6 is 0 Å². The predicted molar refractivity (Wildman–Crippen MR) is 74.4 cm³/mol. The van der Waals surface area contributed by atoms with Crippen LogP contribution in [0.3, 0.4) is 0 Å². The van der Waals surface area contributed by atoms with Crippen LogP contribution in [0.2, 0.25) is 0 Å². The summed E-state index contributed by atoms with van der Waals surface area (Å²) in [5.74, 6) is 0. The SMILES string of the molecule is Cc1ccc(C)c(NS(=O)(=O)C2CCNCC2)c1. The molecule has 2 N–H and O–H groups in total. The first-order valence-corrected chi connectivity index (χ1v) is 7.83. The number of benzene rings is 1. The van der Waals surface area contributed by atoms with Crippen molar-refractivity contribution in [1.82, 2.24) is 5.32 Å². The molecule has 1 fully saturated rings. The van der Waals surface area contributed by atoms with Gasteiger partial charge in [-0.25, -0.2) is 8.42 Å². The van der Waals surface area contributed by atoms with Gasteiger partial charge in [0.1, 0.15) is 0 Å². The van der Waals surface area contributed by atoms with E-state index >= 15 is 0 Å². The molecule has 1 heterocycles. The van der Waals surface area contributed by atoms with E-state index in [1.54, 1.807) is 0 Å². The zero-order chi connectivity index (χ0) is 13.2. The Kier molecular flexibility index (Phi) is 3.92. The van der Waals surface area contributed by atoms with E-state index in [0.29, 0.717) is 18.5 Å². The van der Waals surface area contributed by atoms with E-state index in [2.05, 4.69) is 10.0 Å². The topological polar surface area (TPSA) is 58.2 Å². The number of nitrogens with one attached hydrogen (secondary N) is 2. The summed E-state index contributed by atoms with van der Waals surface area (Å²) in [6.07, 6.45) is 1.36. The third-order valence-electron chi connectivity index (χ3n) is 3.37. The van der Waals surface area contributed by atoms with Gasteiger partial charge in [0.2, 0.25) is 10.0 Å². The second-order valence-corrected chi connectivity index (χ2v) is 6.88. The van der Waals surface area contributed by atoms with Crippen molar-refractivity contribution in [2.24, 2.45) is 0 Å². The molecule has 0 atom stereocenters. The first-order chi connectivity index (χ1) is 8.49. The Labute approximate surface area is 109 Å². The van der Waals surface area contributed by atoms with E-state index in [4.69, 9.17) is 0 Å². The summed E-state index contributed by atoms with van der Waals surface area (Å²) in [6, 6.07) is 5.81. The van der Waals surface area contributed by atoms with Gasteiger partial charge in [0, 0.05) is 0 Å². The lowest BCUT2D eigenvalue weighted by molar-refractivity contribution is 0.499. The number of rotatable bonds is 3. The third-order valence-corrected chi connectivity index (χ3v) is 5.22. The second-order valence-electron chi connectivity index (χ2n) is 4.91. The van der Waals surface area contributed by atoms with Crippen molar-refractivity contribution in [2.45, 2.75) is 31.9 Å². The molecule has 0 saturated carbocycles. The summed E-state index contributed by atoms with van der Waals surface area (Å²) in [5.41, 5.74) is 2.72. The third kappa shape index (κ3) is 3.03. The standard InChI is InChI=1S/C13H20N2O2S/c1-10-3-4-11(2)13(9-10)15-18(16,17)12-5-7-14-8-6-12/h3-4,9,12,14-15H,5-8H2,1-2H3. The summed E-state index contributed by atoms with van der Waals surface area (Å²) in [5, 5.41) is 2.90. The van der Waals surface area contributed by atoms with Crippen LogP contribution < -0.4 is 10.0 Å². The number of sulfonamides is 1. The van der Waals surface area contributed by atoms with Crippen molar-refractivity contribution >= 4 is 15.7 Å². The van der Waals surface area contributed by atoms with Gasteiger partial charge in [0.25, 0.3) is 0 Å². The minimum atomic E-state index is -3.27. The van der Waals surface area contributed by atoms with Crippen molar-refractivity contribution in [1.29, 1.82) is 0 Å². The molecule has 0 aromatic heterocycles. The Morgan fingerprint density at radius 3 is 2.56 bits per heavy atom. The molecule has 2 rings (SSSR count). The molecule has 100 valence electrons. The van der Waals surface area contributed by atoms with Gasteiger partial charge in [0.15, 0.2) is 0 Å². The molecule has 1 aromatic rings. The highest BCUT2D eigenvalue weighted by Crippen LogP contribution is 2.21. The molecule has 0 spiro atoms. The molecule has 0 bridgehead atoms. The molecule has 1 aliphatic rings. The molecule has 1 saturated heterocycles. The van der Waals surface area contributed by atoms with Crippen LogP contribution in [-0.4, -0.2) is 26.8 Å². The smallest absolute Gasteiger partial charge is 0.235 e. The maximum atomic E-state index is 12.3. The van der Waals surface area contributed by atoms with Crippen LogP contribution in [0.5, 0.6) is 0 Å². The zero-order valence-corrected chi connectivity index (χ0v) is 11.7. The monoisotopic (exact) mass is 268 g/mol. The van der Waals surface area contributed by atoms with Gasteiger partial charge in [-0.15, -0.1) is 0 Å². The highest BCUT2D eigenvalue weighted by molar-refractivity contribution is 7.93. The Bertz CT molecular complexity index is 520. The first kappa shape index (κ1) is 13.4. The average molecular weight is 268 g/mol. The Balaban J connectivity index is 2.18. The number of piperidine rings is 1.